The van der Waals surface area contributed by atoms with E-state index < -0.39 is 27.6 Å². The standard InChI is InChI=1S/C16H19NO5S/c18-15(9-12-6-5-11-3-1-2-4-13(11)12)17-7-8-23(21,22)10-14(17)16(19)20/h1-4,12,14H,5-10H2,(H,19,20). The Morgan fingerprint density at radius 3 is 2.74 bits per heavy atom. The number of nitrogens with zero attached hydrogens (tertiary/aromatic N) is 1. The van der Waals surface area contributed by atoms with Gasteiger partial charge in [0.2, 0.25) is 5.91 Å². The van der Waals surface area contributed by atoms with Crippen LogP contribution < -0.4 is 0 Å². The Morgan fingerprint density at radius 1 is 1.26 bits per heavy atom. The monoisotopic (exact) mass is 337 g/mol. The number of carbonyl (C=O) groups is 2. The van der Waals surface area contributed by atoms with Gasteiger partial charge in [-0.15, -0.1) is 0 Å². The number of carboxylic acids is 1. The molecule has 2 unspecified atom stereocenters. The second-order valence-electron chi connectivity index (χ2n) is 6.19. The summed E-state index contributed by atoms with van der Waals surface area (Å²) in [5, 5.41) is 9.25. The lowest BCUT2D eigenvalue weighted by Crippen LogP contribution is -2.54. The number of hydrogen-bond acceptors (Lipinski definition) is 4. The van der Waals surface area contributed by atoms with Gasteiger partial charge in [0.05, 0.1) is 11.5 Å². The lowest BCUT2D eigenvalue weighted by Gasteiger charge is -2.33. The van der Waals surface area contributed by atoms with Crippen molar-refractivity contribution in [2.24, 2.45) is 0 Å². The van der Waals surface area contributed by atoms with Gasteiger partial charge in [-0.3, -0.25) is 4.79 Å². The van der Waals surface area contributed by atoms with Crippen LogP contribution in [0, 0.1) is 0 Å². The zero-order valence-corrected chi connectivity index (χ0v) is 13.5. The molecule has 1 N–H and O–H groups in total. The fourth-order valence-corrected chi connectivity index (χ4v) is 4.94. The summed E-state index contributed by atoms with van der Waals surface area (Å²) in [6.45, 7) is -0.0352. The van der Waals surface area contributed by atoms with Crippen molar-refractivity contribution in [2.75, 3.05) is 18.1 Å². The maximum atomic E-state index is 12.6. The third-order valence-corrected chi connectivity index (χ3v) is 6.34. The van der Waals surface area contributed by atoms with E-state index in [1.54, 1.807) is 0 Å². The molecule has 3 rings (SSSR count). The van der Waals surface area contributed by atoms with Gasteiger partial charge in [-0.2, -0.15) is 0 Å². The quantitative estimate of drug-likeness (QED) is 0.881. The van der Waals surface area contributed by atoms with E-state index >= 15 is 0 Å². The van der Waals surface area contributed by atoms with Crippen LogP contribution in [0.1, 0.15) is 29.9 Å². The summed E-state index contributed by atoms with van der Waals surface area (Å²) in [7, 11) is -3.39. The number of carboxylic acid groups (broad SMARTS) is 1. The molecular formula is C16H19NO5S. The molecular weight excluding hydrogens is 318 g/mol. The molecule has 6 nitrogen and oxygen atoms in total. The van der Waals surface area contributed by atoms with Crippen LogP contribution in [-0.4, -0.2) is 54.4 Å². The number of sulfone groups is 1. The fraction of sp³-hybridized carbons (Fsp3) is 0.500. The summed E-state index contributed by atoms with van der Waals surface area (Å²) in [5.41, 5.74) is 2.39. The van der Waals surface area contributed by atoms with Gasteiger partial charge in [-0.25, -0.2) is 13.2 Å². The first-order valence-corrected chi connectivity index (χ1v) is 9.50. The van der Waals surface area contributed by atoms with E-state index in [2.05, 4.69) is 0 Å². The number of rotatable bonds is 3. The minimum Gasteiger partial charge on any atom is -0.480 e. The molecule has 1 aromatic rings. The molecule has 0 aromatic heterocycles. The Kier molecular flexibility index (Phi) is 4.14. The first-order chi connectivity index (χ1) is 10.9. The number of hydrogen-bond donors (Lipinski definition) is 1. The molecule has 1 amide bonds. The third-order valence-electron chi connectivity index (χ3n) is 4.71. The largest absolute Gasteiger partial charge is 0.480 e. The van der Waals surface area contributed by atoms with Gasteiger partial charge >= 0.3 is 5.97 Å². The van der Waals surface area contributed by atoms with Crippen molar-refractivity contribution in [1.29, 1.82) is 0 Å². The minimum absolute atomic E-state index is 0.0352. The summed E-state index contributed by atoms with van der Waals surface area (Å²) in [5.74, 6) is -2.09. The normalized spacial score (nSPS) is 25.8. The van der Waals surface area contributed by atoms with Crippen LogP contribution in [0.5, 0.6) is 0 Å². The molecule has 23 heavy (non-hydrogen) atoms. The number of benzene rings is 1. The van der Waals surface area contributed by atoms with Crippen LogP contribution in [0.3, 0.4) is 0 Å². The molecule has 7 heteroatoms. The average Bonchev–Trinajstić information content (AvgIpc) is 2.89. The Balaban J connectivity index is 1.74. The van der Waals surface area contributed by atoms with Crippen LogP contribution >= 0.6 is 0 Å². The number of amides is 1. The highest BCUT2D eigenvalue weighted by Crippen LogP contribution is 2.35. The zero-order chi connectivity index (χ0) is 16.6. The number of carbonyl (C=O) groups excluding carboxylic acids is 1. The van der Waals surface area contributed by atoms with Crippen LogP contribution in [0.25, 0.3) is 0 Å². The van der Waals surface area contributed by atoms with E-state index in [1.807, 2.05) is 24.3 Å². The van der Waals surface area contributed by atoms with Crippen LogP contribution in [0.4, 0.5) is 0 Å². The zero-order valence-electron chi connectivity index (χ0n) is 12.6. The Morgan fingerprint density at radius 2 is 2.00 bits per heavy atom. The Labute approximate surface area is 135 Å². The molecule has 1 fully saturated rings. The van der Waals surface area contributed by atoms with Crippen molar-refractivity contribution in [3.8, 4) is 0 Å². The van der Waals surface area contributed by atoms with E-state index in [-0.39, 0.29) is 30.5 Å². The van der Waals surface area contributed by atoms with Crippen LogP contribution in [0.15, 0.2) is 24.3 Å². The van der Waals surface area contributed by atoms with Crippen LogP contribution in [0.2, 0.25) is 0 Å². The maximum absolute atomic E-state index is 12.6. The van der Waals surface area contributed by atoms with Crippen molar-refractivity contribution in [3.63, 3.8) is 0 Å². The molecule has 1 aliphatic heterocycles. The molecule has 1 aromatic carbocycles. The fourth-order valence-electron chi connectivity index (χ4n) is 3.50. The van der Waals surface area contributed by atoms with Crippen molar-refractivity contribution in [3.05, 3.63) is 35.4 Å². The van der Waals surface area contributed by atoms with Gasteiger partial charge in [-0.1, -0.05) is 24.3 Å². The van der Waals surface area contributed by atoms with E-state index in [0.717, 1.165) is 18.4 Å². The predicted octanol–water partition coefficient (Wildman–Crippen LogP) is 0.817. The lowest BCUT2D eigenvalue weighted by molar-refractivity contribution is -0.149. The SMILES string of the molecule is O=C(O)C1CS(=O)(=O)CCN1C(=O)CC1CCc2ccccc21. The van der Waals surface area contributed by atoms with Gasteiger partial charge < -0.3 is 10.0 Å². The highest BCUT2D eigenvalue weighted by Gasteiger charge is 2.39. The third kappa shape index (κ3) is 3.24. The average molecular weight is 337 g/mol. The van der Waals surface area contributed by atoms with E-state index in [1.165, 1.54) is 10.5 Å². The van der Waals surface area contributed by atoms with Crippen molar-refractivity contribution in [2.45, 2.75) is 31.2 Å². The first kappa shape index (κ1) is 16.0. The summed E-state index contributed by atoms with van der Waals surface area (Å²) < 4.78 is 23.3. The molecule has 2 atom stereocenters. The number of fused-ring (bicyclic) bond motifs is 1. The molecule has 0 radical (unpaired) electrons. The highest BCUT2D eigenvalue weighted by atomic mass is 32.2. The predicted molar refractivity (Wildman–Crippen MR) is 83.9 cm³/mol. The molecule has 1 heterocycles. The summed E-state index contributed by atoms with van der Waals surface area (Å²) in [6, 6.07) is 6.70. The summed E-state index contributed by atoms with van der Waals surface area (Å²) >= 11 is 0. The van der Waals surface area contributed by atoms with Gasteiger partial charge in [-0.05, 0) is 29.9 Å². The topological polar surface area (TPSA) is 91.8 Å². The van der Waals surface area contributed by atoms with Crippen molar-refractivity contribution >= 4 is 21.7 Å². The molecule has 0 saturated carbocycles. The second kappa shape index (κ2) is 5.96. The molecule has 2 aliphatic rings. The van der Waals surface area contributed by atoms with Gasteiger partial charge in [0.25, 0.3) is 0 Å². The van der Waals surface area contributed by atoms with Crippen molar-refractivity contribution < 1.29 is 23.1 Å². The highest BCUT2D eigenvalue weighted by molar-refractivity contribution is 7.91. The van der Waals surface area contributed by atoms with E-state index in [4.69, 9.17) is 0 Å². The number of aryl methyl sites for hydroxylation is 1. The van der Waals surface area contributed by atoms with Gasteiger partial charge in [0, 0.05) is 13.0 Å². The van der Waals surface area contributed by atoms with Crippen LogP contribution in [-0.2, 0) is 25.8 Å². The lowest BCUT2D eigenvalue weighted by atomic mass is 9.97. The van der Waals surface area contributed by atoms with Gasteiger partial charge in [0.1, 0.15) is 6.04 Å². The molecule has 124 valence electrons. The number of aliphatic carboxylic acids is 1. The Bertz CT molecular complexity index is 743. The Hall–Kier alpha value is -1.89. The molecule has 1 saturated heterocycles. The molecule has 0 bridgehead atoms. The molecule has 0 spiro atoms. The summed E-state index contributed by atoms with van der Waals surface area (Å²) in [4.78, 5) is 25.1. The first-order valence-electron chi connectivity index (χ1n) is 7.68. The smallest absolute Gasteiger partial charge is 0.327 e. The summed E-state index contributed by atoms with van der Waals surface area (Å²) in [6.07, 6.45) is 2.03. The van der Waals surface area contributed by atoms with Crippen molar-refractivity contribution in [1.82, 2.24) is 4.90 Å². The minimum atomic E-state index is -3.39. The van der Waals surface area contributed by atoms with Gasteiger partial charge in [0.15, 0.2) is 9.84 Å². The van der Waals surface area contributed by atoms with E-state index in [0.29, 0.717) is 0 Å². The second-order valence-corrected chi connectivity index (χ2v) is 8.42. The maximum Gasteiger partial charge on any atom is 0.327 e. The molecule has 1 aliphatic carbocycles. The van der Waals surface area contributed by atoms with E-state index in [9.17, 15) is 23.1 Å².